The number of nitrogens with one attached hydrogen (secondary N) is 1. The summed E-state index contributed by atoms with van der Waals surface area (Å²) in [5.41, 5.74) is 1.05. The Morgan fingerprint density at radius 2 is 1.81 bits per heavy atom. The van der Waals surface area contributed by atoms with Gasteiger partial charge in [0.1, 0.15) is 5.75 Å². The highest BCUT2D eigenvalue weighted by molar-refractivity contribution is 5.33. The lowest BCUT2D eigenvalue weighted by Gasteiger charge is -2.12. The molecule has 1 heterocycles. The van der Waals surface area contributed by atoms with Gasteiger partial charge < -0.3 is 10.1 Å². The van der Waals surface area contributed by atoms with Gasteiger partial charge in [-0.05, 0) is 6.07 Å². The second-order valence-electron chi connectivity index (χ2n) is 4.79. The van der Waals surface area contributed by atoms with Crippen LogP contribution < -0.4 is 21.3 Å². The first kappa shape index (κ1) is 15.1. The molecule has 1 aromatic carbocycles. The number of hydrogen-bond donors (Lipinski definition) is 1. The molecule has 0 aliphatic rings. The lowest BCUT2D eigenvalue weighted by molar-refractivity contribution is 0.407. The standard InChI is InChI=1S/C15H19N3O3/c1-17-12(8-14(19)18(2)15(17)20)10-16-9-11-6-4-5-7-13(11)21-3/h4-8,16H,9-10H2,1-3H3. The molecule has 0 aliphatic heterocycles. The van der Waals surface area contributed by atoms with Crippen molar-refractivity contribution in [3.63, 3.8) is 0 Å². The summed E-state index contributed by atoms with van der Waals surface area (Å²) in [6.45, 7) is 1.02. The minimum atomic E-state index is -0.323. The second-order valence-corrected chi connectivity index (χ2v) is 4.79. The molecule has 0 saturated carbocycles. The van der Waals surface area contributed by atoms with Crippen molar-refractivity contribution in [1.82, 2.24) is 14.5 Å². The van der Waals surface area contributed by atoms with E-state index in [0.717, 1.165) is 15.9 Å². The van der Waals surface area contributed by atoms with Gasteiger partial charge in [0, 0.05) is 44.5 Å². The molecule has 0 aliphatic carbocycles. The third kappa shape index (κ3) is 3.22. The number of ether oxygens (including phenoxy) is 1. The van der Waals surface area contributed by atoms with Crippen molar-refractivity contribution in [2.24, 2.45) is 14.1 Å². The summed E-state index contributed by atoms with van der Waals surface area (Å²) in [5.74, 6) is 0.808. The molecule has 2 rings (SSSR count). The minimum absolute atomic E-state index is 0.299. The number of hydrogen-bond acceptors (Lipinski definition) is 4. The van der Waals surface area contributed by atoms with Gasteiger partial charge in [-0.3, -0.25) is 13.9 Å². The third-order valence-corrected chi connectivity index (χ3v) is 3.44. The maximum atomic E-state index is 11.8. The summed E-state index contributed by atoms with van der Waals surface area (Å²) < 4.78 is 7.83. The molecule has 1 N–H and O–H groups in total. The van der Waals surface area contributed by atoms with Crippen LogP contribution in [0.1, 0.15) is 11.3 Å². The molecule has 0 unspecified atom stereocenters. The lowest BCUT2D eigenvalue weighted by atomic mass is 10.2. The second kappa shape index (κ2) is 6.41. The van der Waals surface area contributed by atoms with E-state index >= 15 is 0 Å². The largest absolute Gasteiger partial charge is 0.496 e. The predicted molar refractivity (Wildman–Crippen MR) is 80.5 cm³/mol. The topological polar surface area (TPSA) is 65.3 Å². The molecule has 0 bridgehead atoms. The van der Waals surface area contributed by atoms with Gasteiger partial charge in [-0.15, -0.1) is 0 Å². The molecular weight excluding hydrogens is 270 g/mol. The normalized spacial score (nSPS) is 10.6. The molecule has 0 spiro atoms. The van der Waals surface area contributed by atoms with E-state index in [0.29, 0.717) is 18.8 Å². The zero-order valence-corrected chi connectivity index (χ0v) is 12.4. The van der Waals surface area contributed by atoms with Crippen molar-refractivity contribution < 1.29 is 4.74 Å². The van der Waals surface area contributed by atoms with Gasteiger partial charge in [0.15, 0.2) is 0 Å². The molecule has 0 fully saturated rings. The molecule has 6 nitrogen and oxygen atoms in total. The number of rotatable bonds is 5. The van der Waals surface area contributed by atoms with E-state index in [1.807, 2.05) is 24.3 Å². The number of aromatic nitrogens is 2. The number of methoxy groups -OCH3 is 1. The van der Waals surface area contributed by atoms with Crippen LogP contribution in [0.4, 0.5) is 0 Å². The van der Waals surface area contributed by atoms with E-state index in [9.17, 15) is 9.59 Å². The van der Waals surface area contributed by atoms with Gasteiger partial charge in [0.2, 0.25) is 0 Å². The van der Waals surface area contributed by atoms with E-state index < -0.39 is 0 Å². The zero-order chi connectivity index (χ0) is 15.4. The summed E-state index contributed by atoms with van der Waals surface area (Å²) in [6.07, 6.45) is 0. The van der Waals surface area contributed by atoms with Crippen molar-refractivity contribution in [2.45, 2.75) is 13.1 Å². The van der Waals surface area contributed by atoms with Crippen LogP contribution in [-0.4, -0.2) is 16.2 Å². The van der Waals surface area contributed by atoms with E-state index in [-0.39, 0.29) is 11.2 Å². The van der Waals surface area contributed by atoms with E-state index in [1.165, 1.54) is 17.7 Å². The maximum absolute atomic E-state index is 11.8. The third-order valence-electron chi connectivity index (χ3n) is 3.44. The van der Waals surface area contributed by atoms with Crippen LogP contribution in [-0.2, 0) is 27.2 Å². The van der Waals surface area contributed by atoms with Gasteiger partial charge in [-0.1, -0.05) is 18.2 Å². The minimum Gasteiger partial charge on any atom is -0.496 e. The van der Waals surface area contributed by atoms with E-state index in [2.05, 4.69) is 5.32 Å². The lowest BCUT2D eigenvalue weighted by Crippen LogP contribution is -2.39. The number of nitrogens with zero attached hydrogens (tertiary/aromatic N) is 2. The smallest absolute Gasteiger partial charge is 0.330 e. The summed E-state index contributed by atoms with van der Waals surface area (Å²) in [7, 11) is 4.75. The molecule has 1 aromatic heterocycles. The van der Waals surface area contributed by atoms with Crippen LogP contribution in [0.25, 0.3) is 0 Å². The molecule has 21 heavy (non-hydrogen) atoms. The molecule has 2 aromatic rings. The van der Waals surface area contributed by atoms with Gasteiger partial charge in [-0.25, -0.2) is 4.79 Å². The molecule has 6 heteroatoms. The van der Waals surface area contributed by atoms with Crippen molar-refractivity contribution >= 4 is 0 Å². The molecule has 112 valence electrons. The van der Waals surface area contributed by atoms with Crippen LogP contribution in [0.3, 0.4) is 0 Å². The molecule has 0 radical (unpaired) electrons. The van der Waals surface area contributed by atoms with E-state index in [1.54, 1.807) is 14.2 Å². The average Bonchev–Trinajstić information content (AvgIpc) is 2.50. The van der Waals surface area contributed by atoms with Crippen LogP contribution in [0, 0.1) is 0 Å². The van der Waals surface area contributed by atoms with Crippen LogP contribution >= 0.6 is 0 Å². The Bertz CT molecular complexity index is 747. The highest BCUT2D eigenvalue weighted by Crippen LogP contribution is 2.16. The number of para-hydroxylation sites is 1. The SMILES string of the molecule is COc1ccccc1CNCc1cc(=O)n(C)c(=O)n1C. The Kier molecular flexibility index (Phi) is 4.59. The van der Waals surface area contributed by atoms with Gasteiger partial charge in [0.05, 0.1) is 7.11 Å². The summed E-state index contributed by atoms with van der Waals surface area (Å²) in [6, 6.07) is 9.18. The fraction of sp³-hybridized carbons (Fsp3) is 0.333. The Labute approximate surface area is 122 Å². The van der Waals surface area contributed by atoms with Crippen LogP contribution in [0.5, 0.6) is 5.75 Å². The van der Waals surface area contributed by atoms with Crippen molar-refractivity contribution in [3.8, 4) is 5.75 Å². The zero-order valence-electron chi connectivity index (χ0n) is 12.4. The van der Waals surface area contributed by atoms with Crippen LogP contribution in [0.2, 0.25) is 0 Å². The van der Waals surface area contributed by atoms with Gasteiger partial charge >= 0.3 is 5.69 Å². The molecule has 0 atom stereocenters. The Hall–Kier alpha value is -2.34. The summed E-state index contributed by atoms with van der Waals surface area (Å²) >= 11 is 0. The summed E-state index contributed by atoms with van der Waals surface area (Å²) in [4.78, 5) is 23.5. The molecular formula is C15H19N3O3. The Balaban J connectivity index is 2.11. The van der Waals surface area contributed by atoms with Gasteiger partial charge in [-0.2, -0.15) is 0 Å². The first-order valence-corrected chi connectivity index (χ1v) is 6.63. The highest BCUT2D eigenvalue weighted by Gasteiger charge is 2.06. The van der Waals surface area contributed by atoms with Crippen molar-refractivity contribution in [1.29, 1.82) is 0 Å². The predicted octanol–water partition coefficient (Wildman–Crippen LogP) is 0.382. The Morgan fingerprint density at radius 1 is 1.10 bits per heavy atom. The fourth-order valence-electron chi connectivity index (χ4n) is 2.12. The summed E-state index contributed by atoms with van der Waals surface area (Å²) in [5, 5.41) is 3.22. The van der Waals surface area contributed by atoms with E-state index in [4.69, 9.17) is 4.74 Å². The average molecular weight is 289 g/mol. The molecule has 0 amide bonds. The maximum Gasteiger partial charge on any atom is 0.330 e. The fourth-order valence-corrected chi connectivity index (χ4v) is 2.12. The Morgan fingerprint density at radius 3 is 2.52 bits per heavy atom. The quantitative estimate of drug-likeness (QED) is 0.864. The van der Waals surface area contributed by atoms with Crippen molar-refractivity contribution in [3.05, 3.63) is 62.4 Å². The highest BCUT2D eigenvalue weighted by atomic mass is 16.5. The monoisotopic (exact) mass is 289 g/mol. The molecule has 0 saturated heterocycles. The first-order chi connectivity index (χ1) is 10.0. The van der Waals surface area contributed by atoms with Crippen LogP contribution in [0.15, 0.2) is 39.9 Å². The first-order valence-electron chi connectivity index (χ1n) is 6.63. The number of benzene rings is 1. The van der Waals surface area contributed by atoms with Crippen molar-refractivity contribution in [2.75, 3.05) is 7.11 Å². The van der Waals surface area contributed by atoms with Gasteiger partial charge in [0.25, 0.3) is 5.56 Å².